The maximum absolute atomic E-state index is 11.3. The number of nitrogens with zero attached hydrogens (tertiary/aromatic N) is 3. The second kappa shape index (κ2) is 8.03. The van der Waals surface area contributed by atoms with Crippen molar-refractivity contribution in [2.45, 2.75) is 19.3 Å². The summed E-state index contributed by atoms with van der Waals surface area (Å²) in [7, 11) is 1.59. The number of amides is 1. The molecule has 0 aliphatic rings. The molecule has 0 bridgehead atoms. The van der Waals surface area contributed by atoms with Crippen LogP contribution in [0.15, 0.2) is 21.9 Å². The first-order chi connectivity index (χ1) is 8.77. The fourth-order valence-electron chi connectivity index (χ4n) is 1.45. The monoisotopic (exact) mass is 252 g/mol. The molecular formula is C11H16N4O3. The molecule has 0 aliphatic heterocycles. The van der Waals surface area contributed by atoms with Gasteiger partial charge in [-0.3, -0.25) is 4.79 Å². The summed E-state index contributed by atoms with van der Waals surface area (Å²) >= 11 is 0. The highest BCUT2D eigenvalue weighted by Crippen LogP contribution is 2.20. The lowest BCUT2D eigenvalue weighted by atomic mass is 10.2. The second-order valence-corrected chi connectivity index (χ2v) is 3.57. The first-order valence-electron chi connectivity index (χ1n) is 5.66. The summed E-state index contributed by atoms with van der Waals surface area (Å²) in [6.45, 7) is 0.743. The Morgan fingerprint density at radius 2 is 2.50 bits per heavy atom. The zero-order valence-corrected chi connectivity index (χ0v) is 10.3. The Bertz CT molecular complexity index is 424. The highest BCUT2D eigenvalue weighted by Gasteiger charge is 2.06. The van der Waals surface area contributed by atoms with Gasteiger partial charge < -0.3 is 14.5 Å². The lowest BCUT2D eigenvalue weighted by molar-refractivity contribution is -0.120. The molecule has 7 nitrogen and oxygen atoms in total. The van der Waals surface area contributed by atoms with E-state index in [9.17, 15) is 4.79 Å². The number of hydrogen-bond donors (Lipinski definition) is 1. The number of carbonyl (C=O) groups excluding carboxylic acids is 1. The van der Waals surface area contributed by atoms with Crippen molar-refractivity contribution in [1.82, 2.24) is 5.32 Å². The smallest absolute Gasteiger partial charge is 0.220 e. The number of rotatable bonds is 8. The number of nitrogens with one attached hydrogen (secondary N) is 1. The summed E-state index contributed by atoms with van der Waals surface area (Å²) in [4.78, 5) is 13.8. The first kappa shape index (κ1) is 13.9. The molecule has 1 rings (SSSR count). The van der Waals surface area contributed by atoms with Gasteiger partial charge in [-0.05, 0) is 12.0 Å². The molecule has 0 aliphatic carbocycles. The molecule has 1 amide bonds. The molecule has 1 heterocycles. The van der Waals surface area contributed by atoms with Crippen LogP contribution in [0.3, 0.4) is 0 Å². The predicted octanol–water partition coefficient (Wildman–Crippen LogP) is 2.04. The molecule has 18 heavy (non-hydrogen) atoms. The topological polar surface area (TPSA) is 100 Å². The maximum atomic E-state index is 11.3. The van der Waals surface area contributed by atoms with Crippen LogP contribution in [0.4, 0.5) is 0 Å². The molecule has 0 atom stereocenters. The molecule has 0 saturated heterocycles. The molecular weight excluding hydrogens is 236 g/mol. The van der Waals surface area contributed by atoms with E-state index in [-0.39, 0.29) is 18.9 Å². The van der Waals surface area contributed by atoms with E-state index in [0.29, 0.717) is 13.0 Å². The molecule has 7 heteroatoms. The Kier molecular flexibility index (Phi) is 6.21. The summed E-state index contributed by atoms with van der Waals surface area (Å²) in [6, 6.07) is 1.76. The third-order valence-electron chi connectivity index (χ3n) is 2.33. The number of furan rings is 1. The van der Waals surface area contributed by atoms with Gasteiger partial charge in [-0.15, -0.1) is 0 Å². The summed E-state index contributed by atoms with van der Waals surface area (Å²) in [5.41, 5.74) is 8.05. The minimum absolute atomic E-state index is 0.117. The van der Waals surface area contributed by atoms with E-state index in [0.717, 1.165) is 17.9 Å². The Balaban J connectivity index is 2.15. The van der Waals surface area contributed by atoms with Gasteiger partial charge in [-0.2, -0.15) is 0 Å². The van der Waals surface area contributed by atoms with Crippen LogP contribution in [0.1, 0.15) is 18.6 Å². The number of carbonyl (C=O) groups is 1. The van der Waals surface area contributed by atoms with Crippen molar-refractivity contribution in [3.05, 3.63) is 28.5 Å². The zero-order chi connectivity index (χ0) is 13.2. The molecule has 0 spiro atoms. The average Bonchev–Trinajstić information content (AvgIpc) is 2.82. The Morgan fingerprint density at radius 3 is 3.22 bits per heavy atom. The summed E-state index contributed by atoms with van der Waals surface area (Å²) in [5, 5.41) is 6.03. The Labute approximate surface area is 105 Å². The number of azide groups is 1. The van der Waals surface area contributed by atoms with Gasteiger partial charge in [0, 0.05) is 36.9 Å². The van der Waals surface area contributed by atoms with Crippen LogP contribution in [0, 0.1) is 0 Å². The van der Waals surface area contributed by atoms with Gasteiger partial charge in [0.05, 0.1) is 13.4 Å². The third kappa shape index (κ3) is 4.80. The van der Waals surface area contributed by atoms with Gasteiger partial charge in [-0.25, -0.2) is 0 Å². The molecule has 0 saturated carbocycles. The third-order valence-corrected chi connectivity index (χ3v) is 2.33. The normalized spacial score (nSPS) is 9.61. The van der Waals surface area contributed by atoms with E-state index in [1.807, 2.05) is 0 Å². The largest absolute Gasteiger partial charge is 0.493 e. The highest BCUT2D eigenvalue weighted by atomic mass is 16.5. The minimum Gasteiger partial charge on any atom is -0.493 e. The van der Waals surface area contributed by atoms with Crippen molar-refractivity contribution >= 4 is 5.91 Å². The van der Waals surface area contributed by atoms with Crippen molar-refractivity contribution in [2.24, 2.45) is 5.11 Å². The lowest BCUT2D eigenvalue weighted by Gasteiger charge is -2.04. The summed E-state index contributed by atoms with van der Waals surface area (Å²) in [5.74, 6) is 1.39. The quantitative estimate of drug-likeness (QED) is 0.331. The summed E-state index contributed by atoms with van der Waals surface area (Å²) < 4.78 is 10.4. The van der Waals surface area contributed by atoms with Crippen LogP contribution in [0.25, 0.3) is 10.4 Å². The van der Waals surface area contributed by atoms with Gasteiger partial charge >= 0.3 is 0 Å². The molecule has 1 aromatic rings. The number of methoxy groups -OCH3 is 1. The van der Waals surface area contributed by atoms with Crippen LogP contribution in [-0.2, 0) is 11.2 Å². The average molecular weight is 252 g/mol. The molecule has 1 N–H and O–H groups in total. The molecule has 0 aromatic carbocycles. The van der Waals surface area contributed by atoms with Crippen LogP contribution >= 0.6 is 0 Å². The van der Waals surface area contributed by atoms with Gasteiger partial charge in [0.15, 0.2) is 5.75 Å². The molecule has 1 aromatic heterocycles. The second-order valence-electron chi connectivity index (χ2n) is 3.57. The molecule has 0 unspecified atom stereocenters. The fourth-order valence-corrected chi connectivity index (χ4v) is 1.45. The van der Waals surface area contributed by atoms with Gasteiger partial charge in [-0.1, -0.05) is 5.11 Å². The predicted molar refractivity (Wildman–Crippen MR) is 65.2 cm³/mol. The van der Waals surface area contributed by atoms with Crippen molar-refractivity contribution in [1.29, 1.82) is 0 Å². The standard InChI is InChI=1S/C11H16N4O3/c1-17-9-5-8-18-10(9)3-2-6-13-11(16)4-7-14-15-12/h5,8H,2-4,6-7H2,1H3,(H,13,16). The Morgan fingerprint density at radius 1 is 1.67 bits per heavy atom. The SMILES string of the molecule is COc1ccoc1CCCNC(=O)CCN=[N+]=[N-]. The van der Waals surface area contributed by atoms with Crippen LogP contribution < -0.4 is 10.1 Å². The van der Waals surface area contributed by atoms with Crippen LogP contribution in [0.2, 0.25) is 0 Å². The van der Waals surface area contributed by atoms with E-state index >= 15 is 0 Å². The Hall–Kier alpha value is -2.14. The van der Waals surface area contributed by atoms with Crippen molar-refractivity contribution in [2.75, 3.05) is 20.2 Å². The van der Waals surface area contributed by atoms with Gasteiger partial charge in [0.2, 0.25) is 5.91 Å². The zero-order valence-electron chi connectivity index (χ0n) is 10.3. The fraction of sp³-hybridized carbons (Fsp3) is 0.545. The van der Waals surface area contributed by atoms with E-state index in [1.165, 1.54) is 0 Å². The maximum Gasteiger partial charge on any atom is 0.220 e. The van der Waals surface area contributed by atoms with Gasteiger partial charge in [0.1, 0.15) is 5.76 Å². The first-order valence-corrected chi connectivity index (χ1v) is 5.66. The van der Waals surface area contributed by atoms with E-state index in [4.69, 9.17) is 14.7 Å². The lowest BCUT2D eigenvalue weighted by Crippen LogP contribution is -2.25. The van der Waals surface area contributed by atoms with E-state index < -0.39 is 0 Å². The van der Waals surface area contributed by atoms with Crippen molar-refractivity contribution in [3.63, 3.8) is 0 Å². The highest BCUT2D eigenvalue weighted by molar-refractivity contribution is 5.76. The molecule has 0 fully saturated rings. The number of aryl methyl sites for hydroxylation is 1. The number of hydrogen-bond acceptors (Lipinski definition) is 4. The van der Waals surface area contributed by atoms with Crippen LogP contribution in [-0.4, -0.2) is 26.1 Å². The van der Waals surface area contributed by atoms with Crippen LogP contribution in [0.5, 0.6) is 5.75 Å². The van der Waals surface area contributed by atoms with Gasteiger partial charge in [0.25, 0.3) is 0 Å². The molecule has 98 valence electrons. The molecule has 0 radical (unpaired) electrons. The van der Waals surface area contributed by atoms with Crippen molar-refractivity contribution < 1.29 is 13.9 Å². The minimum atomic E-state index is -0.117. The number of ether oxygens (including phenoxy) is 1. The van der Waals surface area contributed by atoms with Crippen molar-refractivity contribution in [3.8, 4) is 5.75 Å². The van der Waals surface area contributed by atoms with E-state index in [2.05, 4.69) is 15.3 Å². The summed E-state index contributed by atoms with van der Waals surface area (Å²) in [6.07, 6.45) is 3.25. The van der Waals surface area contributed by atoms with E-state index in [1.54, 1.807) is 19.4 Å².